The number of rotatable bonds is 2. The highest BCUT2D eigenvalue weighted by molar-refractivity contribution is 7.86. The molecule has 26 heavy (non-hydrogen) atoms. The molecule has 1 aliphatic rings. The Morgan fingerprint density at radius 3 is 1.85 bits per heavy atom. The van der Waals surface area contributed by atoms with E-state index in [4.69, 9.17) is 13.0 Å². The number of benzene rings is 1. The predicted molar refractivity (Wildman–Crippen MR) is 94.2 cm³/mol. The number of halogens is 3. The van der Waals surface area contributed by atoms with Crippen LogP contribution in [0.25, 0.3) is 0 Å². The van der Waals surface area contributed by atoms with Crippen LogP contribution in [0.3, 0.4) is 0 Å². The lowest BCUT2D eigenvalue weighted by molar-refractivity contribution is -0.619. The highest BCUT2D eigenvalue weighted by Gasteiger charge is 2.52. The summed E-state index contributed by atoms with van der Waals surface area (Å²) in [6, 6.07) is 11.4. The Kier molecular flexibility index (Phi) is 6.36. The Hall–Kier alpha value is -1.41. The van der Waals surface area contributed by atoms with E-state index in [0.717, 1.165) is 0 Å². The standard InChI is InChI=1S/C17H26N.CHF3O3S/c1-13(2)18-15(14-10-8-7-9-11-14)16(3,4)12-17(18,5)6;2-1(3,4)8(5,6)7/h7-11,13H,12H2,1-6H3;(H,5,6,7)/q+1;/p-1. The lowest BCUT2D eigenvalue weighted by Crippen LogP contribution is -2.38. The summed E-state index contributed by atoms with van der Waals surface area (Å²) in [5.41, 5.74) is -2.28. The number of hydrogen-bond acceptors (Lipinski definition) is 3. The Morgan fingerprint density at radius 1 is 1.08 bits per heavy atom. The molecule has 1 aromatic carbocycles. The maximum absolute atomic E-state index is 10.7. The van der Waals surface area contributed by atoms with Crippen LogP contribution >= 0.6 is 0 Å². The summed E-state index contributed by atoms with van der Waals surface area (Å²) in [6.07, 6.45) is 1.21. The molecule has 0 saturated heterocycles. The molecule has 148 valence electrons. The number of nitrogens with zero attached hydrogens (tertiary/aromatic N) is 1. The van der Waals surface area contributed by atoms with Gasteiger partial charge >= 0.3 is 5.51 Å². The number of hydrogen-bond donors (Lipinski definition) is 0. The van der Waals surface area contributed by atoms with Crippen LogP contribution in [-0.4, -0.2) is 40.3 Å². The lowest BCUT2D eigenvalue weighted by atomic mass is 9.79. The van der Waals surface area contributed by atoms with Crippen molar-refractivity contribution < 1.29 is 30.7 Å². The minimum absolute atomic E-state index is 0.239. The van der Waals surface area contributed by atoms with Crippen molar-refractivity contribution in [3.05, 3.63) is 35.9 Å². The van der Waals surface area contributed by atoms with Crippen molar-refractivity contribution in [2.24, 2.45) is 5.41 Å². The summed E-state index contributed by atoms with van der Waals surface area (Å²) < 4.78 is 61.5. The first-order valence-corrected chi connectivity index (χ1v) is 9.66. The summed E-state index contributed by atoms with van der Waals surface area (Å²) >= 11 is 0. The normalized spacial score (nSPS) is 19.3. The average molecular weight is 393 g/mol. The Balaban J connectivity index is 0.000000359. The molecule has 0 atom stereocenters. The molecule has 1 aliphatic heterocycles. The zero-order valence-corrected chi connectivity index (χ0v) is 16.7. The van der Waals surface area contributed by atoms with Crippen molar-refractivity contribution in [2.45, 2.75) is 65.1 Å². The fourth-order valence-corrected chi connectivity index (χ4v) is 3.96. The maximum Gasteiger partial charge on any atom is 0.485 e. The fraction of sp³-hybridized carbons (Fsp3) is 0.611. The molecule has 4 nitrogen and oxygen atoms in total. The maximum atomic E-state index is 10.7. The summed E-state index contributed by atoms with van der Waals surface area (Å²) in [7, 11) is -6.09. The summed E-state index contributed by atoms with van der Waals surface area (Å²) in [5, 5.41) is 0. The molecule has 1 aromatic rings. The Morgan fingerprint density at radius 2 is 1.50 bits per heavy atom. The van der Waals surface area contributed by atoms with Gasteiger partial charge in [0.05, 0.1) is 5.41 Å². The molecule has 0 saturated carbocycles. The zero-order valence-electron chi connectivity index (χ0n) is 15.9. The molecule has 0 spiro atoms. The molecule has 0 bridgehead atoms. The van der Waals surface area contributed by atoms with Crippen molar-refractivity contribution in [3.63, 3.8) is 0 Å². The molecule has 2 rings (SSSR count). The van der Waals surface area contributed by atoms with Crippen LogP contribution in [0.1, 0.15) is 53.5 Å². The van der Waals surface area contributed by atoms with E-state index in [0.29, 0.717) is 6.04 Å². The second-order valence-corrected chi connectivity index (χ2v) is 9.32. The second-order valence-electron chi connectivity index (χ2n) is 7.95. The third-order valence-electron chi connectivity index (χ3n) is 4.26. The molecule has 0 fully saturated rings. The van der Waals surface area contributed by atoms with Crippen LogP contribution < -0.4 is 0 Å². The number of alkyl halides is 3. The van der Waals surface area contributed by atoms with Gasteiger partial charge in [-0.2, -0.15) is 13.2 Å². The molecule has 8 heteroatoms. The van der Waals surface area contributed by atoms with Gasteiger partial charge in [0.2, 0.25) is 0 Å². The SMILES string of the molecule is CC(C)[N+]1=C(c2ccccc2)C(C)(C)CC1(C)C.O=S(=O)([O-])C(F)(F)F. The van der Waals surface area contributed by atoms with Crippen LogP contribution in [0, 0.1) is 5.41 Å². The van der Waals surface area contributed by atoms with Gasteiger partial charge in [-0.25, -0.2) is 13.0 Å². The summed E-state index contributed by atoms with van der Waals surface area (Å²) in [5.74, 6) is 0. The third kappa shape index (κ3) is 5.07. The topological polar surface area (TPSA) is 60.2 Å². The molecule has 0 radical (unpaired) electrons. The molecular formula is C18H26F3NO3S. The molecule has 0 N–H and O–H groups in total. The smallest absolute Gasteiger partial charge is 0.485 e. The molecule has 1 heterocycles. The zero-order chi connectivity index (χ0) is 20.6. The van der Waals surface area contributed by atoms with Crippen molar-refractivity contribution >= 4 is 15.8 Å². The lowest BCUT2D eigenvalue weighted by Gasteiger charge is -2.21. The minimum Gasteiger partial charge on any atom is -0.741 e. The first-order valence-electron chi connectivity index (χ1n) is 8.25. The van der Waals surface area contributed by atoms with E-state index in [2.05, 4.69) is 76.4 Å². The van der Waals surface area contributed by atoms with Crippen LogP contribution in [-0.2, 0) is 10.1 Å². The second kappa shape index (κ2) is 7.31. The monoisotopic (exact) mass is 393 g/mol. The van der Waals surface area contributed by atoms with Crippen LogP contribution in [0.4, 0.5) is 13.2 Å². The minimum atomic E-state index is -6.09. The van der Waals surface area contributed by atoms with Gasteiger partial charge in [-0.3, -0.25) is 0 Å². The van der Waals surface area contributed by atoms with Gasteiger partial charge in [-0.15, -0.1) is 0 Å². The van der Waals surface area contributed by atoms with Crippen molar-refractivity contribution in [2.75, 3.05) is 0 Å². The van der Waals surface area contributed by atoms with E-state index in [1.807, 2.05) is 0 Å². The van der Waals surface area contributed by atoms with Gasteiger partial charge < -0.3 is 4.55 Å². The molecule has 0 aliphatic carbocycles. The van der Waals surface area contributed by atoms with E-state index >= 15 is 0 Å². The molecule has 0 aromatic heterocycles. The first kappa shape index (κ1) is 22.6. The quantitative estimate of drug-likeness (QED) is 0.431. The largest absolute Gasteiger partial charge is 0.741 e. The van der Waals surface area contributed by atoms with E-state index in [-0.39, 0.29) is 11.0 Å². The van der Waals surface area contributed by atoms with E-state index < -0.39 is 15.6 Å². The van der Waals surface area contributed by atoms with Gasteiger partial charge in [-0.05, 0) is 53.7 Å². The van der Waals surface area contributed by atoms with E-state index in [9.17, 15) is 13.2 Å². The molecular weight excluding hydrogens is 367 g/mol. The Bertz CT molecular complexity index is 765. The van der Waals surface area contributed by atoms with Crippen LogP contribution in [0.2, 0.25) is 0 Å². The predicted octanol–water partition coefficient (Wildman–Crippen LogP) is 4.16. The fourth-order valence-electron chi connectivity index (χ4n) is 3.96. The average Bonchev–Trinajstić information content (AvgIpc) is 2.62. The van der Waals surface area contributed by atoms with Crippen molar-refractivity contribution in [1.82, 2.24) is 0 Å². The van der Waals surface area contributed by atoms with Gasteiger partial charge in [0.15, 0.2) is 21.4 Å². The molecule has 0 amide bonds. The van der Waals surface area contributed by atoms with Gasteiger partial charge in [-0.1, -0.05) is 18.2 Å². The van der Waals surface area contributed by atoms with Gasteiger partial charge in [0, 0.05) is 12.0 Å². The highest BCUT2D eigenvalue weighted by Crippen LogP contribution is 2.41. The van der Waals surface area contributed by atoms with Crippen molar-refractivity contribution in [3.8, 4) is 0 Å². The Labute approximate surface area is 153 Å². The molecule has 0 unspecified atom stereocenters. The van der Waals surface area contributed by atoms with Crippen LogP contribution in [0.5, 0.6) is 0 Å². The van der Waals surface area contributed by atoms with E-state index in [1.165, 1.54) is 17.7 Å². The van der Waals surface area contributed by atoms with Gasteiger partial charge in [0.1, 0.15) is 6.04 Å². The third-order valence-corrected chi connectivity index (χ3v) is 4.82. The van der Waals surface area contributed by atoms with Crippen molar-refractivity contribution in [1.29, 1.82) is 0 Å². The highest BCUT2D eigenvalue weighted by atomic mass is 32.2. The summed E-state index contributed by atoms with van der Waals surface area (Å²) in [6.45, 7) is 14.1. The van der Waals surface area contributed by atoms with Crippen LogP contribution in [0.15, 0.2) is 30.3 Å². The summed E-state index contributed by atoms with van der Waals surface area (Å²) in [4.78, 5) is 0. The van der Waals surface area contributed by atoms with E-state index in [1.54, 1.807) is 0 Å². The first-order chi connectivity index (χ1) is 11.5. The van der Waals surface area contributed by atoms with Gasteiger partial charge in [0.25, 0.3) is 0 Å².